The zero-order valence-corrected chi connectivity index (χ0v) is 8.99. The molecule has 0 aliphatic carbocycles. The predicted octanol–water partition coefficient (Wildman–Crippen LogP) is 2.30. The van der Waals surface area contributed by atoms with Gasteiger partial charge in [-0.25, -0.2) is 4.39 Å². The minimum Gasteiger partial charge on any atom is -0.322 e. The van der Waals surface area contributed by atoms with Gasteiger partial charge in [0.15, 0.2) is 0 Å². The van der Waals surface area contributed by atoms with Crippen LogP contribution in [0.15, 0.2) is 18.2 Å². The maximum Gasteiger partial charge on any atom is 0.271 e. The number of amides is 1. The fourth-order valence-corrected chi connectivity index (χ4v) is 1.01. The number of carbonyl (C=O) groups is 1. The number of nitro benzene ring substituents is 1. The molecule has 1 rings (SSSR count). The molecule has 7 heteroatoms. The SMILES string of the molecule is C[C@@H](Cl)C(=O)Nc1cc([N+](=O)[O-])ccc1F. The van der Waals surface area contributed by atoms with Crippen LogP contribution in [-0.2, 0) is 4.79 Å². The number of hydrogen-bond acceptors (Lipinski definition) is 3. The summed E-state index contributed by atoms with van der Waals surface area (Å²) in [6.45, 7) is 1.41. The van der Waals surface area contributed by atoms with E-state index in [1.807, 2.05) is 0 Å². The van der Waals surface area contributed by atoms with Crippen molar-refractivity contribution in [3.8, 4) is 0 Å². The molecule has 0 heterocycles. The average Bonchev–Trinajstić information content (AvgIpc) is 2.20. The summed E-state index contributed by atoms with van der Waals surface area (Å²) in [6, 6.07) is 2.86. The second kappa shape index (κ2) is 4.89. The number of benzene rings is 1. The minimum atomic E-state index is -0.848. The lowest BCUT2D eigenvalue weighted by molar-refractivity contribution is -0.384. The van der Waals surface area contributed by atoms with Crippen molar-refractivity contribution >= 4 is 28.9 Å². The van der Waals surface area contributed by atoms with E-state index in [4.69, 9.17) is 11.6 Å². The summed E-state index contributed by atoms with van der Waals surface area (Å²) in [5.74, 6) is -1.38. The summed E-state index contributed by atoms with van der Waals surface area (Å²) in [4.78, 5) is 20.9. The number of halogens is 2. The number of rotatable bonds is 3. The van der Waals surface area contributed by atoms with Crippen molar-refractivity contribution in [3.05, 3.63) is 34.1 Å². The van der Waals surface area contributed by atoms with Crippen molar-refractivity contribution in [2.45, 2.75) is 12.3 Å². The van der Waals surface area contributed by atoms with Crippen molar-refractivity contribution in [2.24, 2.45) is 0 Å². The number of nitrogens with one attached hydrogen (secondary N) is 1. The van der Waals surface area contributed by atoms with E-state index >= 15 is 0 Å². The molecule has 0 radical (unpaired) electrons. The third kappa shape index (κ3) is 2.90. The summed E-state index contributed by atoms with van der Waals surface area (Å²) in [6.07, 6.45) is 0. The highest BCUT2D eigenvalue weighted by Crippen LogP contribution is 2.21. The van der Waals surface area contributed by atoms with Gasteiger partial charge in [0.2, 0.25) is 5.91 Å². The number of hydrogen-bond donors (Lipinski definition) is 1. The van der Waals surface area contributed by atoms with Gasteiger partial charge in [-0.2, -0.15) is 0 Å². The molecule has 1 N–H and O–H groups in total. The molecule has 0 fully saturated rings. The Kier molecular flexibility index (Phi) is 3.78. The molecule has 0 bridgehead atoms. The Morgan fingerprint density at radius 1 is 1.62 bits per heavy atom. The van der Waals surface area contributed by atoms with Crippen LogP contribution in [-0.4, -0.2) is 16.2 Å². The summed E-state index contributed by atoms with van der Waals surface area (Å²) >= 11 is 5.46. The van der Waals surface area contributed by atoms with Gasteiger partial charge in [-0.3, -0.25) is 14.9 Å². The Hall–Kier alpha value is -1.69. The lowest BCUT2D eigenvalue weighted by Gasteiger charge is -2.07. The summed E-state index contributed by atoms with van der Waals surface area (Å²) in [7, 11) is 0. The molecule has 16 heavy (non-hydrogen) atoms. The van der Waals surface area contributed by atoms with Crippen molar-refractivity contribution in [2.75, 3.05) is 5.32 Å². The highest BCUT2D eigenvalue weighted by molar-refractivity contribution is 6.32. The number of carbonyl (C=O) groups excluding carboxylic acids is 1. The first kappa shape index (κ1) is 12.4. The van der Waals surface area contributed by atoms with E-state index in [2.05, 4.69) is 5.32 Å². The number of anilines is 1. The molecule has 1 aromatic carbocycles. The van der Waals surface area contributed by atoms with Crippen molar-refractivity contribution in [1.29, 1.82) is 0 Å². The molecular weight excluding hydrogens is 239 g/mol. The van der Waals surface area contributed by atoms with Crippen LogP contribution in [0.3, 0.4) is 0 Å². The molecule has 86 valence electrons. The van der Waals surface area contributed by atoms with Crippen molar-refractivity contribution in [1.82, 2.24) is 0 Å². The van der Waals surface area contributed by atoms with E-state index in [9.17, 15) is 19.3 Å². The molecule has 1 aromatic rings. The molecule has 5 nitrogen and oxygen atoms in total. The van der Waals surface area contributed by atoms with Crippen LogP contribution in [0.4, 0.5) is 15.8 Å². The van der Waals surface area contributed by atoms with Gasteiger partial charge in [-0.15, -0.1) is 11.6 Å². The second-order valence-electron chi connectivity index (χ2n) is 3.03. The van der Waals surface area contributed by atoms with Gasteiger partial charge in [0, 0.05) is 12.1 Å². The summed E-state index contributed by atoms with van der Waals surface area (Å²) < 4.78 is 13.2. The largest absolute Gasteiger partial charge is 0.322 e. The molecule has 1 amide bonds. The molecule has 0 aromatic heterocycles. The summed E-state index contributed by atoms with van der Waals surface area (Å²) in [5.41, 5.74) is -0.564. The Bertz CT molecular complexity index is 437. The summed E-state index contributed by atoms with van der Waals surface area (Å²) in [5, 5.41) is 11.7. The number of nitro groups is 1. The lowest BCUT2D eigenvalue weighted by atomic mass is 10.2. The molecule has 1 atom stereocenters. The average molecular weight is 247 g/mol. The predicted molar refractivity (Wildman–Crippen MR) is 57.0 cm³/mol. The molecule has 0 saturated carbocycles. The Morgan fingerprint density at radius 3 is 2.75 bits per heavy atom. The van der Waals surface area contributed by atoms with E-state index in [1.54, 1.807) is 0 Å². The Morgan fingerprint density at radius 2 is 2.25 bits per heavy atom. The Balaban J connectivity index is 2.99. The third-order valence-corrected chi connectivity index (χ3v) is 1.98. The lowest BCUT2D eigenvalue weighted by Crippen LogP contribution is -2.21. The normalized spacial score (nSPS) is 11.9. The quantitative estimate of drug-likeness (QED) is 0.505. The molecule has 0 unspecified atom stereocenters. The van der Waals surface area contributed by atoms with Gasteiger partial charge in [-0.05, 0) is 13.0 Å². The van der Waals surface area contributed by atoms with Gasteiger partial charge < -0.3 is 5.32 Å². The maximum absolute atomic E-state index is 13.2. The first-order chi connectivity index (χ1) is 7.41. The monoisotopic (exact) mass is 246 g/mol. The highest BCUT2D eigenvalue weighted by Gasteiger charge is 2.15. The fraction of sp³-hybridized carbons (Fsp3) is 0.222. The van der Waals surface area contributed by atoms with Crippen LogP contribution >= 0.6 is 11.6 Å². The topological polar surface area (TPSA) is 72.2 Å². The molecule has 0 saturated heterocycles. The second-order valence-corrected chi connectivity index (χ2v) is 3.68. The van der Waals surface area contributed by atoms with Crippen LogP contribution in [0.25, 0.3) is 0 Å². The molecule has 0 spiro atoms. The number of non-ortho nitro benzene ring substituents is 1. The van der Waals surface area contributed by atoms with Crippen molar-refractivity contribution < 1.29 is 14.1 Å². The van der Waals surface area contributed by atoms with Crippen LogP contribution < -0.4 is 5.32 Å². The van der Waals surface area contributed by atoms with Crippen LogP contribution in [0, 0.1) is 15.9 Å². The van der Waals surface area contributed by atoms with E-state index in [-0.39, 0.29) is 11.4 Å². The van der Waals surface area contributed by atoms with Gasteiger partial charge >= 0.3 is 0 Å². The van der Waals surface area contributed by atoms with Gasteiger partial charge in [0.05, 0.1) is 10.6 Å². The smallest absolute Gasteiger partial charge is 0.271 e. The van der Waals surface area contributed by atoms with Crippen molar-refractivity contribution in [3.63, 3.8) is 0 Å². The number of nitrogens with zero attached hydrogens (tertiary/aromatic N) is 1. The standard InChI is InChI=1S/C9H8ClFN2O3/c1-5(10)9(14)12-8-4-6(13(15)16)2-3-7(8)11/h2-5H,1H3,(H,12,14)/t5-/m1/s1. The van der Waals surface area contributed by atoms with Gasteiger partial charge in [0.25, 0.3) is 5.69 Å². The fourth-order valence-electron chi connectivity index (χ4n) is 0.955. The first-order valence-electron chi connectivity index (χ1n) is 4.30. The maximum atomic E-state index is 13.2. The van der Waals surface area contributed by atoms with E-state index in [0.29, 0.717) is 0 Å². The van der Waals surface area contributed by atoms with E-state index in [0.717, 1.165) is 18.2 Å². The zero-order valence-electron chi connectivity index (χ0n) is 8.24. The highest BCUT2D eigenvalue weighted by atomic mass is 35.5. The van der Waals surface area contributed by atoms with Gasteiger partial charge in [-0.1, -0.05) is 0 Å². The molecule has 0 aliphatic heterocycles. The van der Waals surface area contributed by atoms with Crippen LogP contribution in [0.1, 0.15) is 6.92 Å². The van der Waals surface area contributed by atoms with Gasteiger partial charge in [0.1, 0.15) is 11.2 Å². The Labute approximate surface area is 95.4 Å². The number of alkyl halides is 1. The molecular formula is C9H8ClFN2O3. The first-order valence-corrected chi connectivity index (χ1v) is 4.74. The zero-order chi connectivity index (χ0) is 12.3. The third-order valence-electron chi connectivity index (χ3n) is 1.78. The minimum absolute atomic E-state index is 0.258. The van der Waals surface area contributed by atoms with Crippen LogP contribution in [0.5, 0.6) is 0 Å². The van der Waals surface area contributed by atoms with Crippen LogP contribution in [0.2, 0.25) is 0 Å². The van der Waals surface area contributed by atoms with E-state index < -0.39 is 22.0 Å². The van der Waals surface area contributed by atoms with E-state index in [1.165, 1.54) is 6.92 Å². The molecule has 0 aliphatic rings.